The van der Waals surface area contributed by atoms with Crippen LogP contribution in [0.1, 0.15) is 58.6 Å². The van der Waals surface area contributed by atoms with Crippen LogP contribution in [0.3, 0.4) is 0 Å². The fourth-order valence-electron chi connectivity index (χ4n) is 4.98. The highest BCUT2D eigenvalue weighted by atomic mass is 19.4. The van der Waals surface area contributed by atoms with Gasteiger partial charge in [0.1, 0.15) is 0 Å². The number of alkyl halides is 3. The zero-order chi connectivity index (χ0) is 24.3. The first-order valence-corrected chi connectivity index (χ1v) is 11.7. The molecule has 0 radical (unpaired) electrons. The van der Waals surface area contributed by atoms with Gasteiger partial charge in [-0.15, -0.1) is 0 Å². The summed E-state index contributed by atoms with van der Waals surface area (Å²) in [6.45, 7) is 2.86. The zero-order valence-electron chi connectivity index (χ0n) is 19.2. The van der Waals surface area contributed by atoms with Gasteiger partial charge in [-0.3, -0.25) is 14.5 Å². The monoisotopic (exact) mass is 473 g/mol. The van der Waals surface area contributed by atoms with E-state index in [9.17, 15) is 22.8 Å². The van der Waals surface area contributed by atoms with Crippen LogP contribution < -0.4 is 10.6 Å². The maximum atomic E-state index is 12.9. The second kappa shape index (κ2) is 10.2. The lowest BCUT2D eigenvalue weighted by atomic mass is 9.80. The minimum atomic E-state index is -4.53. The second-order valence-corrected chi connectivity index (χ2v) is 9.34. The van der Waals surface area contributed by atoms with Gasteiger partial charge in [0.15, 0.2) is 0 Å². The lowest BCUT2D eigenvalue weighted by molar-refractivity contribution is -0.137. The Hall–Kier alpha value is -2.87. The number of rotatable bonds is 6. The van der Waals surface area contributed by atoms with E-state index in [0.717, 1.165) is 38.1 Å². The first kappa shape index (κ1) is 24.3. The molecule has 0 bridgehead atoms. The molecule has 34 heavy (non-hydrogen) atoms. The number of carbonyl (C=O) groups is 2. The second-order valence-electron chi connectivity index (χ2n) is 9.34. The fraction of sp³-hybridized carbons (Fsp3) is 0.462. The average molecular weight is 474 g/mol. The molecule has 2 N–H and O–H groups in total. The van der Waals surface area contributed by atoms with Crippen LogP contribution in [0.15, 0.2) is 48.5 Å². The Kier molecular flexibility index (Phi) is 7.26. The Morgan fingerprint density at radius 3 is 2.32 bits per heavy atom. The Labute approximate surface area is 197 Å². The van der Waals surface area contributed by atoms with Gasteiger partial charge in [-0.1, -0.05) is 36.4 Å². The molecule has 2 amide bonds. The summed E-state index contributed by atoms with van der Waals surface area (Å²) in [5.74, 6) is -0.405. The molecule has 2 fully saturated rings. The van der Waals surface area contributed by atoms with Gasteiger partial charge in [0.05, 0.1) is 18.2 Å². The van der Waals surface area contributed by atoms with Crippen molar-refractivity contribution < 1.29 is 22.8 Å². The number of likely N-dealkylation sites (tertiary alicyclic amines) is 1. The van der Waals surface area contributed by atoms with Gasteiger partial charge in [-0.2, -0.15) is 13.2 Å². The molecule has 0 spiro atoms. The minimum absolute atomic E-state index is 0.0338. The van der Waals surface area contributed by atoms with Gasteiger partial charge in [0.2, 0.25) is 5.91 Å². The molecule has 1 saturated heterocycles. The standard InChI is InChI=1S/C26H30F3N3O2/c1-17-7-10-20(26(27,28)29)13-23(17)25(34)30-14-24(33)31-21-15-32(16-21)22-11-8-19(9-12-22)18-5-3-2-4-6-18/h2-7,10,13,19,21-22H,8-9,11-12,14-16H2,1H3,(H,30,34)(H,31,33)/t19-,22+. The fourth-order valence-corrected chi connectivity index (χ4v) is 4.98. The van der Waals surface area contributed by atoms with Crippen molar-refractivity contribution in [3.05, 3.63) is 70.8 Å². The highest BCUT2D eigenvalue weighted by molar-refractivity contribution is 5.97. The lowest BCUT2D eigenvalue weighted by Crippen LogP contribution is -2.63. The largest absolute Gasteiger partial charge is 0.416 e. The smallest absolute Gasteiger partial charge is 0.349 e. The number of nitrogens with zero attached hydrogens (tertiary/aromatic N) is 1. The number of amides is 2. The number of aryl methyl sites for hydroxylation is 1. The summed E-state index contributed by atoms with van der Waals surface area (Å²) in [5, 5.41) is 5.34. The van der Waals surface area contributed by atoms with Crippen LogP contribution in [-0.4, -0.2) is 48.4 Å². The Bertz CT molecular complexity index is 1010. The number of carbonyl (C=O) groups excluding carboxylic acids is 2. The molecular formula is C26H30F3N3O2. The van der Waals surface area contributed by atoms with Crippen molar-refractivity contribution in [2.75, 3.05) is 19.6 Å². The molecule has 1 aliphatic carbocycles. The molecule has 2 aromatic rings. The molecule has 182 valence electrons. The molecule has 4 rings (SSSR count). The van der Waals surface area contributed by atoms with Crippen molar-refractivity contribution in [3.8, 4) is 0 Å². The maximum Gasteiger partial charge on any atom is 0.416 e. The molecule has 0 unspecified atom stereocenters. The van der Waals surface area contributed by atoms with Crippen LogP contribution in [0.5, 0.6) is 0 Å². The van der Waals surface area contributed by atoms with E-state index in [1.54, 1.807) is 6.92 Å². The minimum Gasteiger partial charge on any atom is -0.349 e. The summed E-state index contributed by atoms with van der Waals surface area (Å²) in [7, 11) is 0. The van der Waals surface area contributed by atoms with Gasteiger partial charge in [-0.25, -0.2) is 0 Å². The highest BCUT2D eigenvalue weighted by Gasteiger charge is 2.35. The van der Waals surface area contributed by atoms with Crippen molar-refractivity contribution in [2.45, 2.75) is 56.8 Å². The molecule has 2 aliphatic rings. The van der Waals surface area contributed by atoms with E-state index >= 15 is 0 Å². The number of hydrogen-bond acceptors (Lipinski definition) is 3. The van der Waals surface area contributed by atoms with Crippen LogP contribution in [0.4, 0.5) is 13.2 Å². The van der Waals surface area contributed by atoms with Crippen molar-refractivity contribution >= 4 is 11.8 Å². The van der Waals surface area contributed by atoms with Crippen molar-refractivity contribution in [1.82, 2.24) is 15.5 Å². The van der Waals surface area contributed by atoms with Gasteiger partial charge in [0, 0.05) is 24.7 Å². The third-order valence-corrected chi connectivity index (χ3v) is 6.98. The molecule has 1 saturated carbocycles. The first-order valence-electron chi connectivity index (χ1n) is 11.7. The number of nitrogens with one attached hydrogen (secondary N) is 2. The van der Waals surface area contributed by atoms with E-state index in [4.69, 9.17) is 0 Å². The molecule has 0 atom stereocenters. The normalized spacial score (nSPS) is 21.5. The highest BCUT2D eigenvalue weighted by Crippen LogP contribution is 2.36. The van der Waals surface area contributed by atoms with E-state index in [0.29, 0.717) is 17.5 Å². The first-order chi connectivity index (χ1) is 16.2. The van der Waals surface area contributed by atoms with Gasteiger partial charge in [-0.05, 0) is 61.8 Å². The maximum absolute atomic E-state index is 12.9. The predicted molar refractivity (Wildman–Crippen MR) is 123 cm³/mol. The number of hydrogen-bond donors (Lipinski definition) is 2. The molecule has 8 heteroatoms. The van der Waals surface area contributed by atoms with Crippen LogP contribution >= 0.6 is 0 Å². The molecule has 0 aromatic heterocycles. The summed E-state index contributed by atoms with van der Waals surface area (Å²) >= 11 is 0. The van der Waals surface area contributed by atoms with Crippen LogP contribution in [0.25, 0.3) is 0 Å². The van der Waals surface area contributed by atoms with Crippen LogP contribution in [0.2, 0.25) is 0 Å². The molecule has 1 aliphatic heterocycles. The summed E-state index contributed by atoms with van der Waals surface area (Å²) < 4.78 is 38.8. The molecule has 1 heterocycles. The Morgan fingerprint density at radius 1 is 1.00 bits per heavy atom. The van der Waals surface area contributed by atoms with Crippen molar-refractivity contribution in [3.63, 3.8) is 0 Å². The van der Waals surface area contributed by atoms with E-state index in [1.165, 1.54) is 24.5 Å². The summed E-state index contributed by atoms with van der Waals surface area (Å²) in [5.41, 5.74) is 0.864. The number of halogens is 3. The van der Waals surface area contributed by atoms with E-state index < -0.39 is 17.6 Å². The lowest BCUT2D eigenvalue weighted by Gasteiger charge is -2.46. The van der Waals surface area contributed by atoms with E-state index in [2.05, 4.69) is 39.8 Å². The third kappa shape index (κ3) is 5.78. The van der Waals surface area contributed by atoms with Crippen molar-refractivity contribution in [1.29, 1.82) is 0 Å². The Morgan fingerprint density at radius 2 is 1.68 bits per heavy atom. The third-order valence-electron chi connectivity index (χ3n) is 6.98. The number of benzene rings is 2. The average Bonchev–Trinajstić information content (AvgIpc) is 2.80. The van der Waals surface area contributed by atoms with Crippen LogP contribution in [-0.2, 0) is 11.0 Å². The summed E-state index contributed by atoms with van der Waals surface area (Å²) in [6.07, 6.45) is 0.0998. The zero-order valence-corrected chi connectivity index (χ0v) is 19.2. The quantitative estimate of drug-likeness (QED) is 0.659. The van der Waals surface area contributed by atoms with Gasteiger partial charge in [0.25, 0.3) is 5.91 Å². The van der Waals surface area contributed by atoms with E-state index in [1.807, 2.05) is 6.07 Å². The van der Waals surface area contributed by atoms with Gasteiger partial charge >= 0.3 is 6.18 Å². The van der Waals surface area contributed by atoms with Gasteiger partial charge < -0.3 is 10.6 Å². The van der Waals surface area contributed by atoms with Crippen LogP contribution in [0, 0.1) is 6.92 Å². The predicted octanol–water partition coefficient (Wildman–Crippen LogP) is 4.27. The summed E-state index contributed by atoms with van der Waals surface area (Å²) in [4.78, 5) is 27.0. The molecular weight excluding hydrogens is 443 g/mol. The topological polar surface area (TPSA) is 61.4 Å². The summed E-state index contributed by atoms with van der Waals surface area (Å²) in [6, 6.07) is 14.2. The molecule has 2 aromatic carbocycles. The van der Waals surface area contributed by atoms with Crippen molar-refractivity contribution in [2.24, 2.45) is 0 Å². The van der Waals surface area contributed by atoms with E-state index in [-0.39, 0.29) is 24.1 Å². The SMILES string of the molecule is Cc1ccc(C(F)(F)F)cc1C(=O)NCC(=O)NC1CN([C@H]2CC[C@@H](c3ccccc3)CC2)C1. The Balaban J connectivity index is 1.18. The molecule has 5 nitrogen and oxygen atoms in total.